The summed E-state index contributed by atoms with van der Waals surface area (Å²) in [6.45, 7) is 1.59. The molecule has 1 heterocycles. The molecular weight excluding hydrogens is 290 g/mol. The number of nitrogens with zero attached hydrogens (tertiary/aromatic N) is 3. The lowest BCUT2D eigenvalue weighted by atomic mass is 10.3. The minimum Gasteiger partial charge on any atom is -0.261 e. The van der Waals surface area contributed by atoms with E-state index in [0.29, 0.717) is 10.7 Å². The van der Waals surface area contributed by atoms with Crippen molar-refractivity contribution in [1.82, 2.24) is 15.0 Å². The number of rotatable bonds is 4. The molecule has 8 heteroatoms. The molecule has 0 spiro atoms. The fourth-order valence-corrected chi connectivity index (χ4v) is 2.33. The normalized spacial score (nSPS) is 13.4. The van der Waals surface area contributed by atoms with Crippen LogP contribution in [-0.2, 0) is 14.3 Å². The molecule has 0 radical (unpaired) electrons. The van der Waals surface area contributed by atoms with E-state index in [1.165, 1.54) is 4.68 Å². The van der Waals surface area contributed by atoms with Gasteiger partial charge in [-0.05, 0) is 25.1 Å². The zero-order valence-electron chi connectivity index (χ0n) is 10.3. The maximum atomic E-state index is 11.0. The summed E-state index contributed by atoms with van der Waals surface area (Å²) in [5.74, 6) is 0. The molecule has 2 aromatic rings. The van der Waals surface area contributed by atoms with E-state index < -0.39 is 16.2 Å². The van der Waals surface area contributed by atoms with Gasteiger partial charge in [-0.25, -0.2) is 4.68 Å². The summed E-state index contributed by atoms with van der Waals surface area (Å²) >= 11 is 5.89. The highest BCUT2D eigenvalue weighted by molar-refractivity contribution is 7.86. The van der Waals surface area contributed by atoms with Gasteiger partial charge in [0.2, 0.25) is 0 Å². The highest BCUT2D eigenvalue weighted by Gasteiger charge is 2.16. The van der Waals surface area contributed by atoms with Crippen LogP contribution in [0.3, 0.4) is 0 Å². The fraction of sp³-hybridized carbons (Fsp3) is 0.273. The largest absolute Gasteiger partial charge is 0.265 e. The van der Waals surface area contributed by atoms with Crippen LogP contribution >= 0.6 is 11.6 Å². The third-order valence-corrected chi connectivity index (χ3v) is 3.19. The summed E-state index contributed by atoms with van der Waals surface area (Å²) in [4.78, 5) is 0. The lowest BCUT2D eigenvalue weighted by Crippen LogP contribution is -2.07. The topological polar surface area (TPSA) is 74.1 Å². The first-order valence-corrected chi connectivity index (χ1v) is 7.61. The Hall–Kier alpha value is -1.44. The summed E-state index contributed by atoms with van der Waals surface area (Å²) in [5.41, 5.74) is 1.16. The van der Waals surface area contributed by atoms with Crippen LogP contribution in [-0.4, -0.2) is 29.7 Å². The van der Waals surface area contributed by atoms with Gasteiger partial charge in [0, 0.05) is 5.02 Å². The van der Waals surface area contributed by atoms with E-state index in [1.54, 1.807) is 31.3 Å². The first kappa shape index (κ1) is 14.0. The Morgan fingerprint density at radius 3 is 2.79 bits per heavy atom. The Morgan fingerprint density at radius 1 is 1.42 bits per heavy atom. The second kappa shape index (κ2) is 5.28. The number of aromatic nitrogens is 3. The van der Waals surface area contributed by atoms with Gasteiger partial charge < -0.3 is 0 Å². The first-order valence-electron chi connectivity index (χ1n) is 5.41. The average molecular weight is 302 g/mol. The lowest BCUT2D eigenvalue weighted by Gasteiger charge is -2.06. The highest BCUT2D eigenvalue weighted by Crippen LogP contribution is 2.18. The molecule has 1 unspecified atom stereocenters. The van der Waals surface area contributed by atoms with Crippen molar-refractivity contribution < 1.29 is 12.6 Å². The van der Waals surface area contributed by atoms with Gasteiger partial charge in [0.25, 0.3) is 10.1 Å². The van der Waals surface area contributed by atoms with Crippen molar-refractivity contribution in [2.24, 2.45) is 0 Å². The Kier molecular flexibility index (Phi) is 3.88. The average Bonchev–Trinajstić information content (AvgIpc) is 2.75. The molecule has 0 saturated heterocycles. The molecule has 0 aliphatic carbocycles. The van der Waals surface area contributed by atoms with Crippen molar-refractivity contribution in [1.29, 1.82) is 0 Å². The molecule has 2 rings (SSSR count). The van der Waals surface area contributed by atoms with Crippen molar-refractivity contribution in [3.8, 4) is 5.69 Å². The van der Waals surface area contributed by atoms with Gasteiger partial charge >= 0.3 is 0 Å². The molecule has 6 nitrogen and oxygen atoms in total. The second-order valence-electron chi connectivity index (χ2n) is 4.01. The minimum absolute atomic E-state index is 0.422. The molecule has 0 N–H and O–H groups in total. The highest BCUT2D eigenvalue weighted by atomic mass is 35.5. The fourth-order valence-electron chi connectivity index (χ4n) is 1.52. The minimum atomic E-state index is -3.53. The van der Waals surface area contributed by atoms with Crippen LogP contribution in [0, 0.1) is 0 Å². The third-order valence-electron chi connectivity index (χ3n) is 2.32. The molecule has 0 fully saturated rings. The quantitative estimate of drug-likeness (QED) is 0.807. The summed E-state index contributed by atoms with van der Waals surface area (Å²) < 4.78 is 28.4. The number of hydrogen-bond acceptors (Lipinski definition) is 5. The Labute approximate surface area is 116 Å². The molecule has 1 aromatic heterocycles. The van der Waals surface area contributed by atoms with E-state index in [-0.39, 0.29) is 0 Å². The van der Waals surface area contributed by atoms with Crippen LogP contribution < -0.4 is 0 Å². The lowest BCUT2D eigenvalue weighted by molar-refractivity contribution is 0.231. The zero-order valence-corrected chi connectivity index (χ0v) is 11.9. The van der Waals surface area contributed by atoms with E-state index in [9.17, 15) is 8.42 Å². The predicted molar refractivity (Wildman–Crippen MR) is 70.7 cm³/mol. The Bertz CT molecular complexity index is 684. The molecule has 1 atom stereocenters. The van der Waals surface area contributed by atoms with E-state index >= 15 is 0 Å². The smallest absolute Gasteiger partial charge is 0.261 e. The summed E-state index contributed by atoms with van der Waals surface area (Å²) in [7, 11) is -3.53. The van der Waals surface area contributed by atoms with Gasteiger partial charge in [-0.2, -0.15) is 8.42 Å². The van der Waals surface area contributed by atoms with Gasteiger partial charge in [0.1, 0.15) is 11.8 Å². The SMILES string of the molecule is CC(OS(C)(=O)=O)c1cn(-c2cccc(Cl)c2)nn1. The van der Waals surface area contributed by atoms with Crippen molar-refractivity contribution in [2.45, 2.75) is 13.0 Å². The first-order chi connectivity index (χ1) is 8.85. The molecule has 19 heavy (non-hydrogen) atoms. The molecule has 0 bridgehead atoms. The second-order valence-corrected chi connectivity index (χ2v) is 6.05. The summed E-state index contributed by atoms with van der Waals surface area (Å²) in [6.07, 6.45) is 1.90. The molecule has 0 amide bonds. The van der Waals surface area contributed by atoms with Gasteiger partial charge in [-0.15, -0.1) is 5.10 Å². The number of benzene rings is 1. The van der Waals surface area contributed by atoms with Crippen LogP contribution in [0.1, 0.15) is 18.7 Å². The van der Waals surface area contributed by atoms with Gasteiger partial charge in [0.05, 0.1) is 18.1 Å². The van der Waals surface area contributed by atoms with Gasteiger partial charge in [0.15, 0.2) is 0 Å². The standard InChI is InChI=1S/C11H12ClN3O3S/c1-8(18-19(2,16)17)11-7-15(14-13-11)10-5-3-4-9(12)6-10/h3-8H,1-2H3. The van der Waals surface area contributed by atoms with E-state index in [2.05, 4.69) is 10.3 Å². The zero-order chi connectivity index (χ0) is 14.0. The summed E-state index contributed by atoms with van der Waals surface area (Å²) in [6, 6.07) is 7.07. The number of halogens is 1. The maximum Gasteiger partial charge on any atom is 0.265 e. The van der Waals surface area contributed by atoms with Crippen LogP contribution in [0.2, 0.25) is 5.02 Å². The Morgan fingerprint density at radius 2 is 2.16 bits per heavy atom. The van der Waals surface area contributed by atoms with Crippen molar-refractivity contribution in [2.75, 3.05) is 6.26 Å². The van der Waals surface area contributed by atoms with Crippen LogP contribution in [0.5, 0.6) is 0 Å². The molecule has 0 aliphatic heterocycles. The van der Waals surface area contributed by atoms with Gasteiger partial charge in [-0.1, -0.05) is 22.9 Å². The summed E-state index contributed by atoms with van der Waals surface area (Å²) in [5, 5.41) is 8.38. The predicted octanol–water partition coefficient (Wildman–Crippen LogP) is 1.96. The van der Waals surface area contributed by atoms with E-state index in [4.69, 9.17) is 15.8 Å². The molecular formula is C11H12ClN3O3S. The van der Waals surface area contributed by atoms with Crippen molar-refractivity contribution >= 4 is 21.7 Å². The molecule has 0 saturated carbocycles. The van der Waals surface area contributed by atoms with Crippen LogP contribution in [0.25, 0.3) is 5.69 Å². The maximum absolute atomic E-state index is 11.0. The number of hydrogen-bond donors (Lipinski definition) is 0. The van der Waals surface area contributed by atoms with Gasteiger partial charge in [-0.3, -0.25) is 4.18 Å². The third kappa shape index (κ3) is 3.76. The van der Waals surface area contributed by atoms with E-state index in [1.807, 2.05) is 6.07 Å². The Balaban J connectivity index is 2.24. The van der Waals surface area contributed by atoms with Crippen molar-refractivity contribution in [3.05, 3.63) is 41.2 Å². The molecule has 0 aliphatic rings. The molecule has 102 valence electrons. The monoisotopic (exact) mass is 301 g/mol. The van der Waals surface area contributed by atoms with Crippen molar-refractivity contribution in [3.63, 3.8) is 0 Å². The van der Waals surface area contributed by atoms with Crippen LogP contribution in [0.15, 0.2) is 30.5 Å². The molecule has 1 aromatic carbocycles. The van der Waals surface area contributed by atoms with E-state index in [0.717, 1.165) is 11.9 Å². The van der Waals surface area contributed by atoms with Crippen LogP contribution in [0.4, 0.5) is 0 Å².